The molecule has 0 aromatic heterocycles. The summed E-state index contributed by atoms with van der Waals surface area (Å²) in [5.74, 6) is -0.0241. The van der Waals surface area contributed by atoms with Crippen LogP contribution in [0.5, 0.6) is 5.75 Å². The third-order valence-corrected chi connectivity index (χ3v) is 8.32. The van der Waals surface area contributed by atoms with Crippen molar-refractivity contribution in [3.8, 4) is 5.75 Å². The van der Waals surface area contributed by atoms with Gasteiger partial charge in [0.1, 0.15) is 12.3 Å². The number of rotatable bonds is 10. The van der Waals surface area contributed by atoms with Gasteiger partial charge in [-0.3, -0.25) is 13.4 Å². The average molecular weight is 532 g/mol. The minimum Gasteiger partial charge on any atom is -0.494 e. The van der Waals surface area contributed by atoms with E-state index >= 15 is 0 Å². The molecule has 0 aliphatic rings. The Labute approximate surface area is 212 Å². The molecule has 11 heteroatoms. The molecule has 3 rings (SSSR count). The molecule has 1 N–H and O–H groups in total. The number of carbonyl (C=O) groups excluding carboxylic acids is 1. The van der Waals surface area contributed by atoms with Gasteiger partial charge >= 0.3 is 0 Å². The van der Waals surface area contributed by atoms with Gasteiger partial charge in [0.2, 0.25) is 15.9 Å². The van der Waals surface area contributed by atoms with Gasteiger partial charge in [0, 0.05) is 12.7 Å². The highest BCUT2D eigenvalue weighted by molar-refractivity contribution is 7.93. The summed E-state index contributed by atoms with van der Waals surface area (Å²) in [7, 11) is -6.17. The zero-order valence-corrected chi connectivity index (χ0v) is 22.1. The lowest BCUT2D eigenvalue weighted by molar-refractivity contribution is -0.114. The van der Waals surface area contributed by atoms with Crippen LogP contribution in [-0.2, 0) is 24.8 Å². The van der Waals surface area contributed by atoms with Gasteiger partial charge in [-0.1, -0.05) is 23.8 Å². The standard InChI is InChI=1S/C25H29N3O6S2/c1-5-34-23-13-11-21(12-14-23)28(36(32,33)24-15-9-19(2)10-16-24)18-25(29)26-20-7-6-8-22(17-20)27(3)35(4,30)31/h6-17H,5,18H2,1-4H3,(H,26,29). The van der Waals surface area contributed by atoms with E-state index in [2.05, 4.69) is 5.32 Å². The lowest BCUT2D eigenvalue weighted by atomic mass is 10.2. The molecule has 36 heavy (non-hydrogen) atoms. The van der Waals surface area contributed by atoms with Crippen molar-refractivity contribution in [1.29, 1.82) is 0 Å². The molecule has 0 aliphatic heterocycles. The molecular weight excluding hydrogens is 502 g/mol. The molecule has 0 radical (unpaired) electrons. The van der Waals surface area contributed by atoms with E-state index < -0.39 is 32.5 Å². The molecule has 0 saturated carbocycles. The molecule has 3 aromatic carbocycles. The molecule has 192 valence electrons. The summed E-state index contributed by atoms with van der Waals surface area (Å²) in [6.07, 6.45) is 1.07. The number of amides is 1. The second-order valence-corrected chi connectivity index (χ2v) is 12.0. The van der Waals surface area contributed by atoms with Gasteiger partial charge in [-0.2, -0.15) is 0 Å². The predicted octanol–water partition coefficient (Wildman–Crippen LogP) is 3.62. The molecule has 0 heterocycles. The van der Waals surface area contributed by atoms with E-state index in [1.54, 1.807) is 54.6 Å². The minimum atomic E-state index is -4.08. The van der Waals surface area contributed by atoms with Crippen LogP contribution in [0.3, 0.4) is 0 Å². The van der Waals surface area contributed by atoms with E-state index in [0.29, 0.717) is 29.4 Å². The van der Waals surface area contributed by atoms with Crippen molar-refractivity contribution in [2.75, 3.05) is 40.4 Å². The van der Waals surface area contributed by atoms with Gasteiger partial charge in [-0.25, -0.2) is 16.8 Å². The molecule has 9 nitrogen and oxygen atoms in total. The predicted molar refractivity (Wildman–Crippen MR) is 142 cm³/mol. The monoisotopic (exact) mass is 531 g/mol. The highest BCUT2D eigenvalue weighted by Crippen LogP contribution is 2.27. The normalized spacial score (nSPS) is 11.6. The number of aryl methyl sites for hydroxylation is 1. The van der Waals surface area contributed by atoms with Crippen LogP contribution >= 0.6 is 0 Å². The summed E-state index contributed by atoms with van der Waals surface area (Å²) in [5, 5.41) is 2.66. The second kappa shape index (κ2) is 11.0. The smallest absolute Gasteiger partial charge is 0.264 e. The van der Waals surface area contributed by atoms with Crippen molar-refractivity contribution in [1.82, 2.24) is 0 Å². The van der Waals surface area contributed by atoms with Crippen LogP contribution in [0.25, 0.3) is 0 Å². The zero-order valence-electron chi connectivity index (χ0n) is 20.5. The summed E-state index contributed by atoms with van der Waals surface area (Å²) in [5.41, 5.74) is 1.87. The Kier molecular flexibility index (Phi) is 8.26. The first-order valence-corrected chi connectivity index (χ1v) is 14.4. The molecule has 0 atom stereocenters. The highest BCUT2D eigenvalue weighted by atomic mass is 32.2. The lowest BCUT2D eigenvalue weighted by Gasteiger charge is -2.24. The van der Waals surface area contributed by atoms with E-state index in [-0.39, 0.29) is 4.90 Å². The number of carbonyl (C=O) groups is 1. The number of benzene rings is 3. The van der Waals surface area contributed by atoms with Gasteiger partial charge in [0.15, 0.2) is 0 Å². The number of hydrogen-bond acceptors (Lipinski definition) is 6. The van der Waals surface area contributed by atoms with Crippen LogP contribution in [0, 0.1) is 6.92 Å². The van der Waals surface area contributed by atoms with Crippen molar-refractivity contribution in [2.24, 2.45) is 0 Å². The van der Waals surface area contributed by atoms with Crippen LogP contribution in [0.4, 0.5) is 17.1 Å². The van der Waals surface area contributed by atoms with Crippen LogP contribution in [-0.4, -0.2) is 49.2 Å². The molecule has 0 unspecified atom stereocenters. The maximum atomic E-state index is 13.5. The molecule has 0 aliphatic carbocycles. The Morgan fingerprint density at radius 3 is 2.14 bits per heavy atom. The summed E-state index contributed by atoms with van der Waals surface area (Å²) in [6, 6.07) is 19.1. The van der Waals surface area contributed by atoms with E-state index in [1.807, 2.05) is 13.8 Å². The molecule has 0 saturated heterocycles. The van der Waals surface area contributed by atoms with E-state index in [1.165, 1.54) is 25.2 Å². The fourth-order valence-corrected chi connectivity index (χ4v) is 5.25. The van der Waals surface area contributed by atoms with Gasteiger partial charge in [0.25, 0.3) is 10.0 Å². The van der Waals surface area contributed by atoms with Crippen molar-refractivity contribution < 1.29 is 26.4 Å². The number of anilines is 3. The molecular formula is C25H29N3O6S2. The summed E-state index contributed by atoms with van der Waals surface area (Å²) in [6.45, 7) is 3.65. The van der Waals surface area contributed by atoms with Crippen LogP contribution in [0.15, 0.2) is 77.7 Å². The van der Waals surface area contributed by atoms with E-state index in [0.717, 1.165) is 20.4 Å². The number of hydrogen-bond donors (Lipinski definition) is 1. The Balaban J connectivity index is 1.91. The summed E-state index contributed by atoms with van der Waals surface area (Å²) >= 11 is 0. The SMILES string of the molecule is CCOc1ccc(N(CC(=O)Nc2cccc(N(C)S(C)(=O)=O)c2)S(=O)(=O)c2ccc(C)cc2)cc1. The Hall–Kier alpha value is -3.57. The Bertz CT molecular complexity index is 1420. The van der Waals surface area contributed by atoms with Crippen LogP contribution in [0.1, 0.15) is 12.5 Å². The van der Waals surface area contributed by atoms with Crippen LogP contribution < -0.4 is 18.7 Å². The number of ether oxygens (including phenoxy) is 1. The average Bonchev–Trinajstić information content (AvgIpc) is 2.82. The van der Waals surface area contributed by atoms with Crippen molar-refractivity contribution in [3.63, 3.8) is 0 Å². The maximum Gasteiger partial charge on any atom is 0.264 e. The molecule has 3 aromatic rings. The zero-order chi connectivity index (χ0) is 26.5. The largest absolute Gasteiger partial charge is 0.494 e. The third-order valence-electron chi connectivity index (χ3n) is 5.32. The van der Waals surface area contributed by atoms with E-state index in [4.69, 9.17) is 4.74 Å². The third kappa shape index (κ3) is 6.55. The molecule has 0 spiro atoms. The maximum absolute atomic E-state index is 13.5. The fraction of sp³-hybridized carbons (Fsp3) is 0.240. The van der Waals surface area contributed by atoms with Gasteiger partial charge in [-0.15, -0.1) is 0 Å². The summed E-state index contributed by atoms with van der Waals surface area (Å²) < 4.78 is 58.3. The van der Waals surface area contributed by atoms with Crippen molar-refractivity contribution in [2.45, 2.75) is 18.7 Å². The van der Waals surface area contributed by atoms with Crippen LogP contribution in [0.2, 0.25) is 0 Å². The van der Waals surface area contributed by atoms with Crippen molar-refractivity contribution in [3.05, 3.63) is 78.4 Å². The Morgan fingerprint density at radius 2 is 1.56 bits per heavy atom. The highest BCUT2D eigenvalue weighted by Gasteiger charge is 2.27. The lowest BCUT2D eigenvalue weighted by Crippen LogP contribution is -2.38. The summed E-state index contributed by atoms with van der Waals surface area (Å²) in [4.78, 5) is 13.0. The number of sulfonamides is 2. The van der Waals surface area contributed by atoms with Gasteiger partial charge in [-0.05, 0) is 68.4 Å². The number of nitrogens with one attached hydrogen (secondary N) is 1. The van der Waals surface area contributed by atoms with Crippen molar-refractivity contribution >= 4 is 43.0 Å². The molecule has 1 amide bonds. The van der Waals surface area contributed by atoms with Gasteiger partial charge < -0.3 is 10.1 Å². The first kappa shape index (κ1) is 27.0. The first-order valence-electron chi connectivity index (χ1n) is 11.1. The van der Waals surface area contributed by atoms with E-state index in [9.17, 15) is 21.6 Å². The topological polar surface area (TPSA) is 113 Å². The molecule has 0 fully saturated rings. The molecule has 0 bridgehead atoms. The first-order chi connectivity index (χ1) is 16.9. The second-order valence-electron chi connectivity index (χ2n) is 8.08. The number of nitrogens with zero attached hydrogens (tertiary/aromatic N) is 2. The quantitative estimate of drug-likeness (QED) is 0.428. The minimum absolute atomic E-state index is 0.0477. The van der Waals surface area contributed by atoms with Gasteiger partial charge in [0.05, 0.1) is 29.1 Å². The Morgan fingerprint density at radius 1 is 0.917 bits per heavy atom. The fourth-order valence-electron chi connectivity index (χ4n) is 3.33.